The maximum absolute atomic E-state index is 13.3. The van der Waals surface area contributed by atoms with Gasteiger partial charge in [-0.1, -0.05) is 46.3 Å². The fraction of sp³-hybridized carbons (Fsp3) is 0. The van der Waals surface area contributed by atoms with Crippen molar-refractivity contribution in [3.8, 4) is 11.1 Å². The van der Waals surface area contributed by atoms with Gasteiger partial charge in [-0.2, -0.15) is 0 Å². The van der Waals surface area contributed by atoms with E-state index < -0.39 is 10.8 Å². The minimum Gasteiger partial charge on any atom is -0.313 e. The molecular formula is C22H13BrN2O4S. The molecule has 1 aromatic heterocycles. The number of amides is 1. The monoisotopic (exact) mass is 480 g/mol. The number of fused-ring (bicyclic) bond motifs is 1. The van der Waals surface area contributed by atoms with Gasteiger partial charge in [-0.25, -0.2) is 0 Å². The van der Waals surface area contributed by atoms with Crippen LogP contribution < -0.4 is 10.7 Å². The summed E-state index contributed by atoms with van der Waals surface area (Å²) in [6, 6.07) is 19.9. The SMILES string of the molecule is O=C(Nc1sc2ccccc2c(=O)c1-c1ccc(Br)cc1)c1cccc([N+](=O)[O-])c1. The molecule has 0 aliphatic carbocycles. The molecule has 0 aliphatic heterocycles. The molecule has 0 aliphatic rings. The lowest BCUT2D eigenvalue weighted by atomic mass is 10.1. The fourth-order valence-corrected chi connectivity index (χ4v) is 4.40. The van der Waals surface area contributed by atoms with E-state index in [1.165, 1.54) is 35.6 Å². The summed E-state index contributed by atoms with van der Waals surface area (Å²) in [6.45, 7) is 0. The molecule has 1 N–H and O–H groups in total. The first-order chi connectivity index (χ1) is 14.4. The summed E-state index contributed by atoms with van der Waals surface area (Å²) in [5, 5.41) is 14.8. The molecule has 148 valence electrons. The van der Waals surface area contributed by atoms with Crippen molar-refractivity contribution >= 4 is 53.9 Å². The van der Waals surface area contributed by atoms with E-state index in [1.807, 2.05) is 24.3 Å². The van der Waals surface area contributed by atoms with E-state index in [0.717, 1.165) is 9.17 Å². The molecule has 0 saturated carbocycles. The standard InChI is InChI=1S/C22H13BrN2O4S/c23-15-10-8-13(9-11-15)19-20(26)17-6-1-2-7-18(17)30-22(19)24-21(27)14-4-3-5-16(12-14)25(28)29/h1-12H,(H,24,27). The molecule has 1 heterocycles. The van der Waals surface area contributed by atoms with E-state index in [-0.39, 0.29) is 16.7 Å². The molecule has 0 bridgehead atoms. The van der Waals surface area contributed by atoms with Crippen LogP contribution in [0.15, 0.2) is 82.1 Å². The molecular weight excluding hydrogens is 468 g/mol. The highest BCUT2D eigenvalue weighted by Crippen LogP contribution is 2.34. The molecule has 0 fully saturated rings. The van der Waals surface area contributed by atoms with Gasteiger partial charge in [-0.3, -0.25) is 19.7 Å². The Kier molecular flexibility index (Phi) is 5.43. The van der Waals surface area contributed by atoms with E-state index >= 15 is 0 Å². The Labute approximate surface area is 183 Å². The summed E-state index contributed by atoms with van der Waals surface area (Å²) in [7, 11) is 0. The van der Waals surface area contributed by atoms with Crippen LogP contribution in [-0.4, -0.2) is 10.8 Å². The zero-order valence-electron chi connectivity index (χ0n) is 15.3. The quantitative estimate of drug-likeness (QED) is 0.293. The number of nitro groups is 1. The predicted octanol–water partition coefficient (Wildman–Crippen LogP) is 5.85. The molecule has 0 spiro atoms. The normalized spacial score (nSPS) is 10.7. The number of non-ortho nitro benzene ring substituents is 1. The van der Waals surface area contributed by atoms with Crippen molar-refractivity contribution in [3.05, 3.63) is 103 Å². The van der Waals surface area contributed by atoms with E-state index in [1.54, 1.807) is 24.3 Å². The van der Waals surface area contributed by atoms with Crippen molar-refractivity contribution in [2.45, 2.75) is 0 Å². The number of hydrogen-bond donors (Lipinski definition) is 1. The minimum absolute atomic E-state index is 0.138. The number of carbonyl (C=O) groups excluding carboxylic acids is 1. The van der Waals surface area contributed by atoms with Crippen LogP contribution >= 0.6 is 27.3 Å². The van der Waals surface area contributed by atoms with Crippen LogP contribution in [0.1, 0.15) is 10.4 Å². The summed E-state index contributed by atoms with van der Waals surface area (Å²) in [6.07, 6.45) is 0. The lowest BCUT2D eigenvalue weighted by Crippen LogP contribution is -2.15. The first kappa shape index (κ1) is 19.9. The first-order valence-corrected chi connectivity index (χ1v) is 10.4. The van der Waals surface area contributed by atoms with Crippen LogP contribution in [0.25, 0.3) is 21.2 Å². The maximum atomic E-state index is 13.3. The van der Waals surface area contributed by atoms with E-state index in [4.69, 9.17) is 0 Å². The molecule has 0 saturated heterocycles. The average molecular weight is 481 g/mol. The fourth-order valence-electron chi connectivity index (χ4n) is 3.04. The summed E-state index contributed by atoms with van der Waals surface area (Å²) >= 11 is 4.67. The molecule has 0 unspecified atom stereocenters. The number of nitrogens with one attached hydrogen (secondary N) is 1. The molecule has 3 aromatic carbocycles. The van der Waals surface area contributed by atoms with E-state index in [9.17, 15) is 19.7 Å². The number of rotatable bonds is 4. The average Bonchev–Trinajstić information content (AvgIpc) is 2.75. The van der Waals surface area contributed by atoms with Crippen molar-refractivity contribution in [2.24, 2.45) is 0 Å². The van der Waals surface area contributed by atoms with Gasteiger partial charge in [0.05, 0.1) is 10.5 Å². The number of carbonyl (C=O) groups is 1. The highest BCUT2D eigenvalue weighted by molar-refractivity contribution is 9.10. The molecule has 8 heteroatoms. The topological polar surface area (TPSA) is 89.3 Å². The second kappa shape index (κ2) is 8.17. The van der Waals surface area contributed by atoms with Crippen LogP contribution in [-0.2, 0) is 0 Å². The Hall–Kier alpha value is -3.36. The number of benzene rings is 3. The molecule has 6 nitrogen and oxygen atoms in total. The zero-order valence-corrected chi connectivity index (χ0v) is 17.7. The molecule has 30 heavy (non-hydrogen) atoms. The van der Waals surface area contributed by atoms with Gasteiger partial charge in [0.1, 0.15) is 5.00 Å². The van der Waals surface area contributed by atoms with Crippen molar-refractivity contribution in [2.75, 3.05) is 5.32 Å². The first-order valence-electron chi connectivity index (χ1n) is 8.81. The Morgan fingerprint density at radius 1 is 1.00 bits per heavy atom. The minimum atomic E-state index is -0.557. The van der Waals surface area contributed by atoms with Crippen LogP contribution in [0.2, 0.25) is 0 Å². The van der Waals surface area contributed by atoms with Crippen molar-refractivity contribution in [1.29, 1.82) is 0 Å². The smallest absolute Gasteiger partial charge is 0.270 e. The van der Waals surface area contributed by atoms with Gasteiger partial charge >= 0.3 is 0 Å². The number of anilines is 1. The second-order valence-corrected chi connectivity index (χ2v) is 8.37. The van der Waals surface area contributed by atoms with Crippen LogP contribution in [0.5, 0.6) is 0 Å². The van der Waals surface area contributed by atoms with Crippen molar-refractivity contribution < 1.29 is 9.72 Å². The Bertz CT molecular complexity index is 1350. The molecule has 4 aromatic rings. The van der Waals surface area contributed by atoms with Crippen molar-refractivity contribution in [3.63, 3.8) is 0 Å². The number of halogens is 1. The second-order valence-electron chi connectivity index (χ2n) is 6.40. The molecule has 1 amide bonds. The van der Waals surface area contributed by atoms with Gasteiger partial charge in [0, 0.05) is 32.3 Å². The predicted molar refractivity (Wildman–Crippen MR) is 122 cm³/mol. The summed E-state index contributed by atoms with van der Waals surface area (Å²) in [5.41, 5.74) is 0.812. The number of nitro benzene ring substituents is 1. The highest BCUT2D eigenvalue weighted by Gasteiger charge is 2.18. The number of nitrogens with zero attached hydrogens (tertiary/aromatic N) is 1. The third kappa shape index (κ3) is 3.87. The third-order valence-corrected chi connectivity index (χ3v) is 6.09. The van der Waals surface area contributed by atoms with Crippen LogP contribution in [0.3, 0.4) is 0 Å². The van der Waals surface area contributed by atoms with Gasteiger partial charge < -0.3 is 5.32 Å². The van der Waals surface area contributed by atoms with Gasteiger partial charge in [-0.05, 0) is 35.9 Å². The highest BCUT2D eigenvalue weighted by atomic mass is 79.9. The molecule has 4 rings (SSSR count). The Balaban J connectivity index is 1.85. The zero-order chi connectivity index (χ0) is 21.3. The lowest BCUT2D eigenvalue weighted by molar-refractivity contribution is -0.384. The summed E-state index contributed by atoms with van der Waals surface area (Å²) < 4.78 is 1.60. The Morgan fingerprint density at radius 3 is 2.47 bits per heavy atom. The van der Waals surface area contributed by atoms with Gasteiger partial charge in [0.15, 0.2) is 5.43 Å². The van der Waals surface area contributed by atoms with E-state index in [2.05, 4.69) is 21.2 Å². The van der Waals surface area contributed by atoms with Crippen molar-refractivity contribution in [1.82, 2.24) is 0 Å². The lowest BCUT2D eigenvalue weighted by Gasteiger charge is -2.12. The number of hydrogen-bond acceptors (Lipinski definition) is 5. The van der Waals surface area contributed by atoms with Gasteiger partial charge in [0.2, 0.25) is 0 Å². The van der Waals surface area contributed by atoms with Crippen LogP contribution in [0.4, 0.5) is 10.7 Å². The molecule has 0 atom stereocenters. The van der Waals surface area contributed by atoms with Crippen LogP contribution in [0, 0.1) is 10.1 Å². The van der Waals surface area contributed by atoms with Gasteiger partial charge in [-0.15, -0.1) is 11.3 Å². The third-order valence-electron chi connectivity index (χ3n) is 4.48. The Morgan fingerprint density at radius 2 is 1.73 bits per heavy atom. The largest absolute Gasteiger partial charge is 0.313 e. The maximum Gasteiger partial charge on any atom is 0.270 e. The summed E-state index contributed by atoms with van der Waals surface area (Å²) in [4.78, 5) is 36.6. The molecule has 0 radical (unpaired) electrons. The van der Waals surface area contributed by atoms with E-state index in [0.29, 0.717) is 21.5 Å². The van der Waals surface area contributed by atoms with Gasteiger partial charge in [0.25, 0.3) is 11.6 Å². The summed E-state index contributed by atoms with van der Waals surface area (Å²) in [5.74, 6) is -0.525.